The van der Waals surface area contributed by atoms with Gasteiger partial charge in [-0.3, -0.25) is 9.69 Å². The monoisotopic (exact) mass is 512 g/mol. The minimum atomic E-state index is 0. The van der Waals surface area contributed by atoms with E-state index in [1.54, 1.807) is 0 Å². The lowest BCUT2D eigenvalue weighted by molar-refractivity contribution is -0.122. The molecule has 3 N–H and O–H groups in total. The van der Waals surface area contributed by atoms with Crippen LogP contribution < -0.4 is 16.0 Å². The van der Waals surface area contributed by atoms with Crippen molar-refractivity contribution in [2.75, 3.05) is 32.7 Å². The Kier molecular flexibility index (Phi) is 12.3. The van der Waals surface area contributed by atoms with Gasteiger partial charge in [0.25, 0.3) is 0 Å². The van der Waals surface area contributed by atoms with E-state index in [2.05, 4.69) is 45.8 Å². The van der Waals surface area contributed by atoms with Crippen molar-refractivity contribution in [1.29, 1.82) is 5.26 Å². The summed E-state index contributed by atoms with van der Waals surface area (Å²) in [6.45, 7) is 8.53. The van der Waals surface area contributed by atoms with Gasteiger partial charge >= 0.3 is 0 Å². The number of carbonyl (C=O) groups excluding carboxylic acids is 1. The number of nitrogens with zero attached hydrogens (tertiary/aromatic N) is 3. The molecule has 0 spiro atoms. The molecule has 1 heterocycles. The van der Waals surface area contributed by atoms with Gasteiger partial charge in [-0.1, -0.05) is 19.1 Å². The first-order valence-electron chi connectivity index (χ1n) is 10.2. The fourth-order valence-electron chi connectivity index (χ4n) is 3.13. The highest BCUT2D eigenvalue weighted by atomic mass is 127. The molecular formula is C21H33IN6O. The van der Waals surface area contributed by atoms with Crippen molar-refractivity contribution in [3.05, 3.63) is 35.4 Å². The molecule has 0 unspecified atom stereocenters. The van der Waals surface area contributed by atoms with Crippen molar-refractivity contribution in [3.63, 3.8) is 0 Å². The van der Waals surface area contributed by atoms with Crippen LogP contribution in [0, 0.1) is 11.3 Å². The quantitative estimate of drug-likeness (QED) is 0.282. The molecule has 1 aliphatic heterocycles. The number of rotatable bonds is 8. The summed E-state index contributed by atoms with van der Waals surface area (Å²) in [6.07, 6.45) is 2.94. The normalized spacial score (nSPS) is 15.1. The highest BCUT2D eigenvalue weighted by Crippen LogP contribution is 2.10. The first-order chi connectivity index (χ1) is 13.6. The van der Waals surface area contributed by atoms with Crippen molar-refractivity contribution < 1.29 is 4.79 Å². The van der Waals surface area contributed by atoms with Crippen molar-refractivity contribution in [3.8, 4) is 6.07 Å². The number of guanidine groups is 1. The number of hydrogen-bond donors (Lipinski definition) is 3. The van der Waals surface area contributed by atoms with Crippen molar-refractivity contribution >= 4 is 35.8 Å². The summed E-state index contributed by atoms with van der Waals surface area (Å²) in [5.74, 6) is 0.927. The van der Waals surface area contributed by atoms with Gasteiger partial charge in [0.15, 0.2) is 5.96 Å². The molecule has 0 aromatic heterocycles. The van der Waals surface area contributed by atoms with Crippen LogP contribution >= 0.6 is 24.0 Å². The molecule has 1 fully saturated rings. The average Bonchev–Trinajstić information content (AvgIpc) is 2.72. The molecule has 1 aliphatic rings. The minimum absolute atomic E-state index is 0. The molecule has 29 heavy (non-hydrogen) atoms. The molecule has 0 radical (unpaired) electrons. The molecule has 2 rings (SSSR count). The first kappa shape index (κ1) is 25.2. The molecule has 0 atom stereocenters. The van der Waals surface area contributed by atoms with E-state index < -0.39 is 0 Å². The molecule has 0 saturated carbocycles. The third-order valence-corrected chi connectivity index (χ3v) is 4.71. The van der Waals surface area contributed by atoms with Gasteiger partial charge in [0.1, 0.15) is 0 Å². The molecule has 160 valence electrons. The number of aliphatic imine (C=N–C) groups is 1. The lowest BCUT2D eigenvalue weighted by Gasteiger charge is -2.32. The van der Waals surface area contributed by atoms with Crippen LogP contribution in [0.3, 0.4) is 0 Å². The first-order valence-corrected chi connectivity index (χ1v) is 10.2. The van der Waals surface area contributed by atoms with Gasteiger partial charge in [0, 0.05) is 32.2 Å². The van der Waals surface area contributed by atoms with Gasteiger partial charge in [-0.15, -0.1) is 24.0 Å². The fraction of sp³-hybridized carbons (Fsp3) is 0.571. The number of likely N-dealkylation sites (tertiary alicyclic amines) is 1. The van der Waals surface area contributed by atoms with E-state index in [0.717, 1.165) is 57.0 Å². The van der Waals surface area contributed by atoms with E-state index in [9.17, 15) is 4.79 Å². The fourth-order valence-corrected chi connectivity index (χ4v) is 3.13. The van der Waals surface area contributed by atoms with Gasteiger partial charge in [-0.25, -0.2) is 4.99 Å². The molecular weight excluding hydrogens is 479 g/mol. The summed E-state index contributed by atoms with van der Waals surface area (Å²) in [7, 11) is 0. The van der Waals surface area contributed by atoms with Crippen molar-refractivity contribution in [2.24, 2.45) is 4.99 Å². The van der Waals surface area contributed by atoms with Gasteiger partial charge in [-0.2, -0.15) is 5.26 Å². The SMILES string of the molecule is CCCNC(=O)CN1CCC(NC(=NCc2ccc(C#N)cc2)NCC)CC1.I. The lowest BCUT2D eigenvalue weighted by Crippen LogP contribution is -2.50. The smallest absolute Gasteiger partial charge is 0.234 e. The van der Waals surface area contributed by atoms with Crippen LogP contribution in [0.1, 0.15) is 44.2 Å². The van der Waals surface area contributed by atoms with E-state index in [0.29, 0.717) is 24.7 Å². The van der Waals surface area contributed by atoms with Crippen LogP contribution in [0.5, 0.6) is 0 Å². The van der Waals surface area contributed by atoms with E-state index in [1.807, 2.05) is 24.3 Å². The number of carbonyl (C=O) groups is 1. The maximum atomic E-state index is 11.9. The van der Waals surface area contributed by atoms with Gasteiger partial charge in [0.05, 0.1) is 24.7 Å². The second-order valence-corrected chi connectivity index (χ2v) is 7.05. The summed E-state index contributed by atoms with van der Waals surface area (Å²) in [4.78, 5) is 18.7. The molecule has 1 aromatic carbocycles. The number of nitrogens with one attached hydrogen (secondary N) is 3. The molecule has 0 bridgehead atoms. The Balaban J connectivity index is 0.00000420. The Hall–Kier alpha value is -1.86. The largest absolute Gasteiger partial charge is 0.357 e. The highest BCUT2D eigenvalue weighted by Gasteiger charge is 2.21. The standard InChI is InChI=1S/C21H32N6O.HI/c1-3-11-24-20(28)16-27-12-9-19(10-13-27)26-21(23-4-2)25-15-18-7-5-17(14-22)6-8-18;/h5-8,19H,3-4,9-13,15-16H2,1-2H3,(H,24,28)(H2,23,25,26);1H. The van der Waals surface area contributed by atoms with E-state index in [4.69, 9.17) is 5.26 Å². The highest BCUT2D eigenvalue weighted by molar-refractivity contribution is 14.0. The van der Waals surface area contributed by atoms with Crippen LogP contribution in [0.4, 0.5) is 0 Å². The number of amides is 1. The van der Waals surface area contributed by atoms with Crippen LogP contribution in [0.25, 0.3) is 0 Å². The number of nitriles is 1. The zero-order chi connectivity index (χ0) is 20.2. The maximum absolute atomic E-state index is 11.9. The second kappa shape index (κ2) is 14.2. The summed E-state index contributed by atoms with van der Waals surface area (Å²) < 4.78 is 0. The predicted molar refractivity (Wildman–Crippen MR) is 127 cm³/mol. The number of piperidine rings is 1. The van der Waals surface area contributed by atoms with Gasteiger partial charge in [0.2, 0.25) is 5.91 Å². The molecule has 0 aliphatic carbocycles. The minimum Gasteiger partial charge on any atom is -0.357 e. The number of halogens is 1. The molecule has 1 saturated heterocycles. The summed E-state index contributed by atoms with van der Waals surface area (Å²) in [5, 5.41) is 18.6. The third kappa shape index (κ3) is 9.45. The summed E-state index contributed by atoms with van der Waals surface area (Å²) in [5.41, 5.74) is 1.73. The van der Waals surface area contributed by atoms with Crippen LogP contribution in [0.15, 0.2) is 29.3 Å². The Morgan fingerprint density at radius 1 is 1.21 bits per heavy atom. The van der Waals surface area contributed by atoms with Crippen LogP contribution in [0.2, 0.25) is 0 Å². The zero-order valence-electron chi connectivity index (χ0n) is 17.4. The average molecular weight is 512 g/mol. The molecule has 1 amide bonds. The van der Waals surface area contributed by atoms with Crippen molar-refractivity contribution in [2.45, 2.75) is 45.7 Å². The lowest BCUT2D eigenvalue weighted by atomic mass is 10.1. The molecule has 1 aromatic rings. The van der Waals surface area contributed by atoms with E-state index in [-0.39, 0.29) is 29.9 Å². The topological polar surface area (TPSA) is 92.6 Å². The summed E-state index contributed by atoms with van der Waals surface area (Å²) >= 11 is 0. The second-order valence-electron chi connectivity index (χ2n) is 7.05. The summed E-state index contributed by atoms with van der Waals surface area (Å²) in [6, 6.07) is 9.99. The van der Waals surface area contributed by atoms with Gasteiger partial charge < -0.3 is 16.0 Å². The predicted octanol–water partition coefficient (Wildman–Crippen LogP) is 2.22. The van der Waals surface area contributed by atoms with E-state index in [1.165, 1.54) is 0 Å². The molecule has 7 nitrogen and oxygen atoms in total. The van der Waals surface area contributed by atoms with Crippen LogP contribution in [-0.2, 0) is 11.3 Å². The third-order valence-electron chi connectivity index (χ3n) is 4.71. The maximum Gasteiger partial charge on any atom is 0.234 e. The van der Waals surface area contributed by atoms with Crippen molar-refractivity contribution in [1.82, 2.24) is 20.9 Å². The number of hydrogen-bond acceptors (Lipinski definition) is 4. The van der Waals surface area contributed by atoms with Gasteiger partial charge in [-0.05, 0) is 43.9 Å². The van der Waals surface area contributed by atoms with Crippen LogP contribution in [-0.4, -0.2) is 55.5 Å². The Morgan fingerprint density at radius 2 is 1.90 bits per heavy atom. The molecule has 8 heteroatoms. The van der Waals surface area contributed by atoms with E-state index >= 15 is 0 Å². The zero-order valence-corrected chi connectivity index (χ0v) is 19.7. The Labute approximate surface area is 191 Å². The Morgan fingerprint density at radius 3 is 2.48 bits per heavy atom. The number of benzene rings is 1. The Bertz CT molecular complexity index is 677.